The standard InChI is InChI=1S/C10H15N2O7P/c1-17-8-7(19-20-16)5(4-13)18-9(8)12-3-2-6(14)11-10(12)15/h2-3,5,7-9,13H,4,20H2,1H3,(H,11,14,15)/t5-,7-,8-,9-/m1/s1. The van der Waals surface area contributed by atoms with E-state index >= 15 is 0 Å². The first kappa shape index (κ1) is 15.1. The van der Waals surface area contributed by atoms with E-state index in [4.69, 9.17) is 14.0 Å². The molecule has 1 aromatic heterocycles. The number of H-pyrrole nitrogens is 1. The SMILES string of the molecule is CO[C@@H]1[C@H](O[PH2]=O)[C@@H](CO)O[C@H]1n1ccc(=O)[nH]c1=O. The fraction of sp³-hybridized carbons (Fsp3) is 0.600. The highest BCUT2D eigenvalue weighted by Crippen LogP contribution is 2.33. The van der Waals surface area contributed by atoms with Crippen molar-refractivity contribution in [3.8, 4) is 0 Å². The van der Waals surface area contributed by atoms with Crippen LogP contribution in [0.4, 0.5) is 0 Å². The number of aliphatic hydroxyl groups is 1. The van der Waals surface area contributed by atoms with Crippen LogP contribution in [0.15, 0.2) is 21.9 Å². The molecule has 0 radical (unpaired) electrons. The van der Waals surface area contributed by atoms with Crippen LogP contribution in [0.1, 0.15) is 6.23 Å². The maximum Gasteiger partial charge on any atom is 0.330 e. The molecule has 9 nitrogen and oxygen atoms in total. The van der Waals surface area contributed by atoms with E-state index in [9.17, 15) is 19.3 Å². The van der Waals surface area contributed by atoms with Crippen molar-refractivity contribution in [2.75, 3.05) is 13.7 Å². The Kier molecular flexibility index (Phi) is 4.90. The number of nitrogens with zero attached hydrogens (tertiary/aromatic N) is 1. The molecule has 2 N–H and O–H groups in total. The van der Waals surface area contributed by atoms with E-state index in [2.05, 4.69) is 4.98 Å². The quantitative estimate of drug-likeness (QED) is 0.635. The molecule has 1 unspecified atom stereocenters. The van der Waals surface area contributed by atoms with E-state index < -0.39 is 44.5 Å². The Labute approximate surface area is 114 Å². The van der Waals surface area contributed by atoms with Crippen molar-refractivity contribution in [3.05, 3.63) is 33.1 Å². The van der Waals surface area contributed by atoms with Gasteiger partial charge in [0.05, 0.1) is 6.61 Å². The van der Waals surface area contributed by atoms with Crippen LogP contribution < -0.4 is 11.2 Å². The molecule has 1 aliphatic heterocycles. The molecule has 0 spiro atoms. The summed E-state index contributed by atoms with van der Waals surface area (Å²) < 4.78 is 27.6. The molecule has 5 atom stereocenters. The van der Waals surface area contributed by atoms with Crippen LogP contribution in [0.3, 0.4) is 0 Å². The summed E-state index contributed by atoms with van der Waals surface area (Å²) in [6.07, 6.45) is -1.90. The molecular formula is C10H15N2O7P. The predicted octanol–water partition coefficient (Wildman–Crippen LogP) is -1.50. The van der Waals surface area contributed by atoms with E-state index in [0.717, 1.165) is 4.57 Å². The first-order valence-electron chi connectivity index (χ1n) is 5.82. The van der Waals surface area contributed by atoms with Crippen LogP contribution in [-0.4, -0.2) is 46.7 Å². The van der Waals surface area contributed by atoms with E-state index in [1.165, 1.54) is 19.4 Å². The molecular weight excluding hydrogens is 291 g/mol. The highest BCUT2D eigenvalue weighted by atomic mass is 31.1. The van der Waals surface area contributed by atoms with Crippen LogP contribution in [0.25, 0.3) is 0 Å². The largest absolute Gasteiger partial charge is 0.394 e. The first-order chi connectivity index (χ1) is 9.62. The lowest BCUT2D eigenvalue weighted by molar-refractivity contribution is -0.0625. The third-order valence-corrected chi connectivity index (χ3v) is 3.50. The predicted molar refractivity (Wildman–Crippen MR) is 68.4 cm³/mol. The molecule has 1 aromatic rings. The van der Waals surface area contributed by atoms with Crippen molar-refractivity contribution in [3.63, 3.8) is 0 Å². The van der Waals surface area contributed by atoms with Gasteiger partial charge < -0.3 is 19.1 Å². The minimum Gasteiger partial charge on any atom is -0.394 e. The number of aromatic amines is 1. The zero-order chi connectivity index (χ0) is 14.7. The summed E-state index contributed by atoms with van der Waals surface area (Å²) in [6, 6.07) is 1.17. The Morgan fingerprint density at radius 2 is 2.25 bits per heavy atom. The summed E-state index contributed by atoms with van der Waals surface area (Å²) in [5.41, 5.74) is -1.20. The number of ether oxygens (including phenoxy) is 2. The normalized spacial score (nSPS) is 30.3. The minimum absolute atomic E-state index is 0.376. The van der Waals surface area contributed by atoms with Gasteiger partial charge in [0, 0.05) is 19.4 Å². The molecule has 0 amide bonds. The van der Waals surface area contributed by atoms with Crippen molar-refractivity contribution in [2.45, 2.75) is 24.5 Å². The number of aliphatic hydroxyl groups excluding tert-OH is 1. The highest BCUT2D eigenvalue weighted by Gasteiger charge is 2.46. The van der Waals surface area contributed by atoms with Crippen LogP contribution in [0.5, 0.6) is 0 Å². The molecule has 1 aliphatic rings. The van der Waals surface area contributed by atoms with Gasteiger partial charge in [0.25, 0.3) is 5.56 Å². The molecule has 10 heteroatoms. The lowest BCUT2D eigenvalue weighted by Crippen LogP contribution is -2.39. The average molecular weight is 306 g/mol. The zero-order valence-corrected chi connectivity index (χ0v) is 11.7. The third-order valence-electron chi connectivity index (χ3n) is 3.08. The monoisotopic (exact) mass is 306 g/mol. The Morgan fingerprint density at radius 1 is 1.50 bits per heavy atom. The summed E-state index contributed by atoms with van der Waals surface area (Å²) in [4.78, 5) is 24.9. The Balaban J connectivity index is 2.38. The number of methoxy groups -OCH3 is 1. The van der Waals surface area contributed by atoms with Gasteiger partial charge in [-0.3, -0.25) is 18.9 Å². The van der Waals surface area contributed by atoms with Crippen LogP contribution in [0.2, 0.25) is 0 Å². The summed E-state index contributed by atoms with van der Waals surface area (Å²) in [6.45, 7) is -0.376. The number of aromatic nitrogens is 2. The van der Waals surface area contributed by atoms with Gasteiger partial charge in [0.1, 0.15) is 18.3 Å². The maximum absolute atomic E-state index is 11.8. The summed E-state index contributed by atoms with van der Waals surface area (Å²) >= 11 is 0. The Hall–Kier alpha value is -1.25. The van der Waals surface area contributed by atoms with Crippen molar-refractivity contribution in [2.24, 2.45) is 0 Å². The van der Waals surface area contributed by atoms with Gasteiger partial charge in [-0.1, -0.05) is 0 Å². The van der Waals surface area contributed by atoms with Gasteiger partial charge in [-0.25, -0.2) is 4.79 Å². The molecule has 112 valence electrons. The fourth-order valence-electron chi connectivity index (χ4n) is 2.19. The smallest absolute Gasteiger partial charge is 0.330 e. The van der Waals surface area contributed by atoms with Crippen LogP contribution in [-0.2, 0) is 18.6 Å². The van der Waals surface area contributed by atoms with E-state index in [-0.39, 0.29) is 6.61 Å². The topological polar surface area (TPSA) is 120 Å². The lowest BCUT2D eigenvalue weighted by Gasteiger charge is -2.21. The van der Waals surface area contributed by atoms with Gasteiger partial charge >= 0.3 is 5.69 Å². The second-order valence-corrected chi connectivity index (χ2v) is 4.63. The number of rotatable bonds is 5. The lowest BCUT2D eigenvalue weighted by atomic mass is 10.1. The number of hydrogen-bond acceptors (Lipinski definition) is 7. The van der Waals surface area contributed by atoms with Crippen molar-refractivity contribution >= 4 is 8.69 Å². The third kappa shape index (κ3) is 2.77. The maximum atomic E-state index is 11.8. The second-order valence-electron chi connectivity index (χ2n) is 4.16. The zero-order valence-electron chi connectivity index (χ0n) is 10.6. The molecule has 0 saturated carbocycles. The van der Waals surface area contributed by atoms with Gasteiger partial charge in [0.15, 0.2) is 14.9 Å². The van der Waals surface area contributed by atoms with E-state index in [1.807, 2.05) is 0 Å². The van der Waals surface area contributed by atoms with Crippen molar-refractivity contribution in [1.82, 2.24) is 9.55 Å². The van der Waals surface area contributed by atoms with Crippen LogP contribution in [0, 0.1) is 0 Å². The molecule has 0 bridgehead atoms. The molecule has 20 heavy (non-hydrogen) atoms. The molecule has 0 aliphatic carbocycles. The minimum atomic E-state index is -1.52. The average Bonchev–Trinajstić information content (AvgIpc) is 2.77. The van der Waals surface area contributed by atoms with E-state index in [1.54, 1.807) is 0 Å². The Morgan fingerprint density at radius 3 is 2.80 bits per heavy atom. The highest BCUT2D eigenvalue weighted by molar-refractivity contribution is 7.17. The fourth-order valence-corrected chi connectivity index (χ4v) is 2.64. The van der Waals surface area contributed by atoms with Crippen molar-refractivity contribution < 1.29 is 23.7 Å². The molecule has 1 fully saturated rings. The van der Waals surface area contributed by atoms with Crippen LogP contribution >= 0.6 is 8.69 Å². The summed E-state index contributed by atoms with van der Waals surface area (Å²) in [5, 5.41) is 9.26. The van der Waals surface area contributed by atoms with E-state index in [0.29, 0.717) is 0 Å². The molecule has 2 rings (SSSR count). The van der Waals surface area contributed by atoms with Gasteiger partial charge in [-0.15, -0.1) is 0 Å². The summed E-state index contributed by atoms with van der Waals surface area (Å²) in [7, 11) is -0.135. The van der Waals surface area contributed by atoms with Crippen molar-refractivity contribution in [1.29, 1.82) is 0 Å². The van der Waals surface area contributed by atoms with Gasteiger partial charge in [-0.2, -0.15) is 0 Å². The molecule has 0 aromatic carbocycles. The molecule has 1 saturated heterocycles. The van der Waals surface area contributed by atoms with Gasteiger partial charge in [0.2, 0.25) is 0 Å². The second kappa shape index (κ2) is 6.47. The molecule has 2 heterocycles. The summed E-state index contributed by atoms with van der Waals surface area (Å²) in [5.74, 6) is 0. The number of nitrogens with one attached hydrogen (secondary N) is 1. The van der Waals surface area contributed by atoms with Gasteiger partial charge in [-0.05, 0) is 0 Å². The number of hydrogen-bond donors (Lipinski definition) is 2. The Bertz CT molecular complexity index is 585. The first-order valence-corrected chi connectivity index (χ1v) is 6.76.